The van der Waals surface area contributed by atoms with Gasteiger partial charge in [0.15, 0.2) is 0 Å². The van der Waals surface area contributed by atoms with Crippen LogP contribution in [0.4, 0.5) is 0 Å². The highest BCUT2D eigenvalue weighted by atomic mass is 16.3. The molecule has 0 aromatic heterocycles. The van der Waals surface area contributed by atoms with Crippen molar-refractivity contribution in [3.8, 4) is 0 Å². The fraction of sp³-hybridized carbons (Fsp3) is 0.368. The van der Waals surface area contributed by atoms with Crippen LogP contribution in [0, 0.1) is 0 Å². The summed E-state index contributed by atoms with van der Waals surface area (Å²) in [5.41, 5.74) is 2.56. The lowest BCUT2D eigenvalue weighted by molar-refractivity contribution is 0.110. The van der Waals surface area contributed by atoms with Gasteiger partial charge in [0.25, 0.3) is 0 Å². The number of hydrogen-bond acceptors (Lipinski definition) is 2. The SMILES string of the molecule is O[C@H]1CCC[C@@H](NC(c2ccccc2)c2ccccc2)C1. The van der Waals surface area contributed by atoms with E-state index < -0.39 is 0 Å². The molecule has 2 aromatic carbocycles. The van der Waals surface area contributed by atoms with Crippen LogP contribution in [0.2, 0.25) is 0 Å². The Balaban J connectivity index is 1.83. The van der Waals surface area contributed by atoms with Gasteiger partial charge in [-0.3, -0.25) is 0 Å². The maximum atomic E-state index is 9.89. The highest BCUT2D eigenvalue weighted by Crippen LogP contribution is 2.26. The molecule has 1 fully saturated rings. The summed E-state index contributed by atoms with van der Waals surface area (Å²) in [4.78, 5) is 0. The van der Waals surface area contributed by atoms with Gasteiger partial charge in [0.2, 0.25) is 0 Å². The van der Waals surface area contributed by atoms with E-state index in [0.29, 0.717) is 6.04 Å². The molecule has 21 heavy (non-hydrogen) atoms. The molecule has 110 valence electrons. The van der Waals surface area contributed by atoms with Crippen molar-refractivity contribution in [1.29, 1.82) is 0 Å². The van der Waals surface area contributed by atoms with E-state index in [9.17, 15) is 5.11 Å². The summed E-state index contributed by atoms with van der Waals surface area (Å²) < 4.78 is 0. The third-order valence-corrected chi connectivity index (χ3v) is 4.31. The first kappa shape index (κ1) is 14.3. The maximum absolute atomic E-state index is 9.89. The number of aliphatic hydroxyl groups is 1. The van der Waals surface area contributed by atoms with Crippen molar-refractivity contribution < 1.29 is 5.11 Å². The first-order valence-electron chi connectivity index (χ1n) is 7.87. The molecule has 0 bridgehead atoms. The Bertz CT molecular complexity index is 501. The van der Waals surface area contributed by atoms with E-state index in [4.69, 9.17) is 0 Å². The van der Waals surface area contributed by atoms with Crippen molar-refractivity contribution >= 4 is 0 Å². The quantitative estimate of drug-likeness (QED) is 0.896. The van der Waals surface area contributed by atoms with Crippen molar-refractivity contribution in [3.63, 3.8) is 0 Å². The van der Waals surface area contributed by atoms with Crippen LogP contribution in [0.1, 0.15) is 42.9 Å². The summed E-state index contributed by atoms with van der Waals surface area (Å²) in [5.74, 6) is 0. The second-order valence-corrected chi connectivity index (χ2v) is 5.94. The van der Waals surface area contributed by atoms with E-state index in [1.165, 1.54) is 11.1 Å². The van der Waals surface area contributed by atoms with Gasteiger partial charge in [-0.05, 0) is 36.8 Å². The molecule has 2 heteroatoms. The van der Waals surface area contributed by atoms with Crippen LogP contribution < -0.4 is 5.32 Å². The van der Waals surface area contributed by atoms with Crippen molar-refractivity contribution in [3.05, 3.63) is 71.8 Å². The molecule has 2 aromatic rings. The lowest BCUT2D eigenvalue weighted by Gasteiger charge is -2.31. The van der Waals surface area contributed by atoms with Crippen molar-refractivity contribution in [2.45, 2.75) is 43.9 Å². The standard InChI is InChI=1S/C19H23NO/c21-18-13-7-12-17(14-18)20-19(15-8-3-1-4-9-15)16-10-5-2-6-11-16/h1-6,8-11,17-21H,7,12-14H2/t17-,18+/m1/s1. The number of hydrogen-bond donors (Lipinski definition) is 2. The molecule has 0 spiro atoms. The zero-order valence-corrected chi connectivity index (χ0v) is 12.3. The largest absolute Gasteiger partial charge is 0.393 e. The third kappa shape index (κ3) is 3.72. The molecule has 0 unspecified atom stereocenters. The molecule has 0 saturated heterocycles. The van der Waals surface area contributed by atoms with Gasteiger partial charge in [-0.1, -0.05) is 60.7 Å². The van der Waals surface area contributed by atoms with Crippen LogP contribution in [0.5, 0.6) is 0 Å². The number of aliphatic hydroxyl groups excluding tert-OH is 1. The van der Waals surface area contributed by atoms with Gasteiger partial charge in [-0.25, -0.2) is 0 Å². The number of nitrogens with one attached hydrogen (secondary N) is 1. The highest BCUT2D eigenvalue weighted by molar-refractivity contribution is 5.31. The highest BCUT2D eigenvalue weighted by Gasteiger charge is 2.24. The van der Waals surface area contributed by atoms with Gasteiger partial charge in [0.05, 0.1) is 12.1 Å². The summed E-state index contributed by atoms with van der Waals surface area (Å²) in [5, 5.41) is 13.7. The number of benzene rings is 2. The smallest absolute Gasteiger partial charge is 0.0578 e. The van der Waals surface area contributed by atoms with E-state index in [-0.39, 0.29) is 12.1 Å². The average Bonchev–Trinajstić information content (AvgIpc) is 2.54. The Morgan fingerprint density at radius 3 is 1.95 bits per heavy atom. The predicted molar refractivity (Wildman–Crippen MR) is 86.1 cm³/mol. The zero-order valence-electron chi connectivity index (χ0n) is 12.3. The van der Waals surface area contributed by atoms with E-state index in [2.05, 4.69) is 66.0 Å². The molecule has 1 saturated carbocycles. The minimum Gasteiger partial charge on any atom is -0.393 e. The monoisotopic (exact) mass is 281 g/mol. The summed E-state index contributed by atoms with van der Waals surface area (Å²) >= 11 is 0. The normalized spacial score (nSPS) is 22.4. The Morgan fingerprint density at radius 2 is 1.43 bits per heavy atom. The Kier molecular flexibility index (Phi) is 4.69. The minimum atomic E-state index is -0.150. The van der Waals surface area contributed by atoms with Crippen molar-refractivity contribution in [2.24, 2.45) is 0 Å². The molecular formula is C19H23NO. The van der Waals surface area contributed by atoms with Crippen LogP contribution in [0.25, 0.3) is 0 Å². The summed E-state index contributed by atoms with van der Waals surface area (Å²) in [7, 11) is 0. The fourth-order valence-electron chi connectivity index (χ4n) is 3.23. The molecular weight excluding hydrogens is 258 g/mol. The van der Waals surface area contributed by atoms with E-state index in [1.54, 1.807) is 0 Å². The van der Waals surface area contributed by atoms with E-state index in [1.807, 2.05) is 0 Å². The van der Waals surface area contributed by atoms with E-state index >= 15 is 0 Å². The van der Waals surface area contributed by atoms with Crippen LogP contribution >= 0.6 is 0 Å². The van der Waals surface area contributed by atoms with Crippen LogP contribution in [0.3, 0.4) is 0 Å². The molecule has 2 N–H and O–H groups in total. The Hall–Kier alpha value is -1.64. The maximum Gasteiger partial charge on any atom is 0.0578 e. The van der Waals surface area contributed by atoms with Gasteiger partial charge in [0.1, 0.15) is 0 Å². The second kappa shape index (κ2) is 6.88. The predicted octanol–water partition coefficient (Wildman–Crippen LogP) is 3.67. The Labute approximate surface area is 126 Å². The molecule has 0 aliphatic heterocycles. The fourth-order valence-corrected chi connectivity index (χ4v) is 3.23. The first-order valence-corrected chi connectivity index (χ1v) is 7.87. The van der Waals surface area contributed by atoms with Gasteiger partial charge in [-0.2, -0.15) is 0 Å². The van der Waals surface area contributed by atoms with Gasteiger partial charge < -0.3 is 10.4 Å². The second-order valence-electron chi connectivity index (χ2n) is 5.94. The van der Waals surface area contributed by atoms with E-state index in [0.717, 1.165) is 25.7 Å². The molecule has 0 radical (unpaired) electrons. The zero-order chi connectivity index (χ0) is 14.5. The molecule has 2 atom stereocenters. The lowest BCUT2D eigenvalue weighted by atomic mass is 9.90. The molecule has 0 heterocycles. The van der Waals surface area contributed by atoms with Crippen LogP contribution in [0.15, 0.2) is 60.7 Å². The third-order valence-electron chi connectivity index (χ3n) is 4.31. The summed E-state index contributed by atoms with van der Waals surface area (Å²) in [6, 6.07) is 21.7. The average molecular weight is 281 g/mol. The summed E-state index contributed by atoms with van der Waals surface area (Å²) in [6.07, 6.45) is 3.90. The molecule has 0 amide bonds. The molecule has 3 rings (SSSR count). The lowest BCUT2D eigenvalue weighted by Crippen LogP contribution is -2.38. The molecule has 2 nitrogen and oxygen atoms in total. The minimum absolute atomic E-state index is 0.150. The Morgan fingerprint density at radius 1 is 0.857 bits per heavy atom. The topological polar surface area (TPSA) is 32.3 Å². The van der Waals surface area contributed by atoms with Crippen LogP contribution in [-0.4, -0.2) is 17.3 Å². The summed E-state index contributed by atoms with van der Waals surface area (Å²) in [6.45, 7) is 0. The molecule has 1 aliphatic rings. The van der Waals surface area contributed by atoms with Crippen molar-refractivity contribution in [1.82, 2.24) is 5.32 Å². The van der Waals surface area contributed by atoms with Gasteiger partial charge in [-0.15, -0.1) is 0 Å². The first-order chi connectivity index (χ1) is 10.3. The van der Waals surface area contributed by atoms with Gasteiger partial charge >= 0.3 is 0 Å². The van der Waals surface area contributed by atoms with Crippen molar-refractivity contribution in [2.75, 3.05) is 0 Å². The van der Waals surface area contributed by atoms with Gasteiger partial charge in [0, 0.05) is 6.04 Å². The van der Waals surface area contributed by atoms with Crippen LogP contribution in [-0.2, 0) is 0 Å². The number of rotatable bonds is 4. The molecule has 1 aliphatic carbocycles.